The van der Waals surface area contributed by atoms with Gasteiger partial charge in [-0.1, -0.05) is 19.8 Å². The number of aliphatic hydroxyl groups is 1. The second-order valence-corrected chi connectivity index (χ2v) is 4.22. The summed E-state index contributed by atoms with van der Waals surface area (Å²) < 4.78 is 0. The van der Waals surface area contributed by atoms with Crippen LogP contribution in [0.4, 0.5) is 0 Å². The molecule has 0 heterocycles. The third kappa shape index (κ3) is 8.37. The van der Waals surface area contributed by atoms with E-state index in [2.05, 4.69) is 6.92 Å². The molecule has 0 fully saturated rings. The van der Waals surface area contributed by atoms with Crippen molar-refractivity contribution in [1.29, 1.82) is 0 Å². The van der Waals surface area contributed by atoms with Crippen LogP contribution in [0.2, 0.25) is 0 Å². The van der Waals surface area contributed by atoms with Crippen LogP contribution in [0.25, 0.3) is 0 Å². The van der Waals surface area contributed by atoms with E-state index >= 15 is 0 Å². The molecule has 0 amide bonds. The van der Waals surface area contributed by atoms with Gasteiger partial charge in [0, 0.05) is 6.54 Å². The fourth-order valence-electron chi connectivity index (χ4n) is 0.893. The van der Waals surface area contributed by atoms with Gasteiger partial charge in [-0.15, -0.1) is 0 Å². The molecule has 12 heavy (non-hydrogen) atoms. The van der Waals surface area contributed by atoms with Crippen LogP contribution in [-0.2, 0) is 0 Å². The van der Waals surface area contributed by atoms with Gasteiger partial charge in [-0.05, 0) is 24.3 Å². The molecule has 0 aliphatic heterocycles. The summed E-state index contributed by atoms with van der Waals surface area (Å²) >= 11 is 1.92. The van der Waals surface area contributed by atoms with Crippen molar-refractivity contribution in [3.8, 4) is 0 Å². The number of thioether (sulfide) groups is 1. The number of aliphatic hydroxyl groups excluding tert-OH is 1. The summed E-state index contributed by atoms with van der Waals surface area (Å²) in [7, 11) is 0. The molecule has 74 valence electrons. The molecule has 0 aromatic rings. The highest BCUT2D eigenvalue weighted by Gasteiger charge is 1.99. The Labute approximate surface area is 79.9 Å². The predicted molar refractivity (Wildman–Crippen MR) is 56.5 cm³/mol. The van der Waals surface area contributed by atoms with Crippen LogP contribution in [0.3, 0.4) is 0 Å². The van der Waals surface area contributed by atoms with Gasteiger partial charge in [-0.3, -0.25) is 0 Å². The van der Waals surface area contributed by atoms with E-state index in [-0.39, 0.29) is 6.10 Å². The van der Waals surface area contributed by atoms with Crippen LogP contribution in [0, 0.1) is 0 Å². The van der Waals surface area contributed by atoms with Gasteiger partial charge in [0.15, 0.2) is 0 Å². The lowest BCUT2D eigenvalue weighted by atomic mass is 10.3. The number of rotatable bonds is 8. The highest BCUT2D eigenvalue weighted by molar-refractivity contribution is 7.99. The predicted octanol–water partition coefficient (Wildman–Crippen LogP) is 1.62. The molecule has 0 aromatic heterocycles. The second-order valence-electron chi connectivity index (χ2n) is 3.00. The van der Waals surface area contributed by atoms with Gasteiger partial charge in [0.1, 0.15) is 0 Å². The Balaban J connectivity index is 2.90. The van der Waals surface area contributed by atoms with Crippen molar-refractivity contribution in [2.75, 3.05) is 18.1 Å². The van der Waals surface area contributed by atoms with Crippen molar-refractivity contribution in [3.05, 3.63) is 0 Å². The van der Waals surface area contributed by atoms with E-state index in [1.807, 2.05) is 11.8 Å². The Morgan fingerprint density at radius 1 is 1.33 bits per heavy atom. The van der Waals surface area contributed by atoms with Gasteiger partial charge in [0.05, 0.1) is 6.10 Å². The van der Waals surface area contributed by atoms with E-state index in [0.29, 0.717) is 6.54 Å². The number of unbranched alkanes of at least 4 members (excludes halogenated alkanes) is 2. The van der Waals surface area contributed by atoms with Crippen LogP contribution in [0.5, 0.6) is 0 Å². The minimum absolute atomic E-state index is 0.288. The van der Waals surface area contributed by atoms with Crippen molar-refractivity contribution >= 4 is 11.8 Å². The Bertz CT molecular complexity index is 90.6. The van der Waals surface area contributed by atoms with Crippen LogP contribution in [0.1, 0.15) is 32.6 Å². The Morgan fingerprint density at radius 2 is 2.08 bits per heavy atom. The molecule has 0 saturated heterocycles. The fraction of sp³-hybridized carbons (Fsp3) is 1.00. The zero-order valence-corrected chi connectivity index (χ0v) is 8.78. The quantitative estimate of drug-likeness (QED) is 0.573. The summed E-state index contributed by atoms with van der Waals surface area (Å²) in [6.45, 7) is 2.61. The summed E-state index contributed by atoms with van der Waals surface area (Å²) in [6.07, 6.45) is 4.47. The van der Waals surface area contributed by atoms with Crippen molar-refractivity contribution in [2.45, 2.75) is 38.7 Å². The monoisotopic (exact) mass is 191 g/mol. The van der Waals surface area contributed by atoms with E-state index in [9.17, 15) is 0 Å². The molecule has 1 atom stereocenters. The molecular formula is C9H21NOS. The summed E-state index contributed by atoms with van der Waals surface area (Å²) in [5.74, 6) is 2.27. The van der Waals surface area contributed by atoms with Gasteiger partial charge < -0.3 is 10.8 Å². The van der Waals surface area contributed by atoms with Crippen molar-refractivity contribution in [2.24, 2.45) is 5.73 Å². The molecule has 1 unspecified atom stereocenters. The van der Waals surface area contributed by atoms with Crippen molar-refractivity contribution < 1.29 is 5.11 Å². The van der Waals surface area contributed by atoms with Crippen LogP contribution < -0.4 is 5.73 Å². The first-order chi connectivity index (χ1) is 5.81. The number of nitrogens with two attached hydrogens (primary N) is 1. The topological polar surface area (TPSA) is 46.2 Å². The Kier molecular flexibility index (Phi) is 9.57. The van der Waals surface area contributed by atoms with Crippen molar-refractivity contribution in [3.63, 3.8) is 0 Å². The van der Waals surface area contributed by atoms with Gasteiger partial charge >= 0.3 is 0 Å². The minimum atomic E-state index is -0.288. The molecule has 0 radical (unpaired) electrons. The molecule has 0 bridgehead atoms. The van der Waals surface area contributed by atoms with Crippen LogP contribution >= 0.6 is 11.8 Å². The maximum Gasteiger partial charge on any atom is 0.0670 e. The summed E-state index contributed by atoms with van der Waals surface area (Å²) in [5, 5.41) is 9.12. The first-order valence-electron chi connectivity index (χ1n) is 4.77. The SMILES string of the molecule is CCCCCSCCC(O)CN. The van der Waals surface area contributed by atoms with Crippen LogP contribution in [-0.4, -0.2) is 29.3 Å². The van der Waals surface area contributed by atoms with E-state index in [4.69, 9.17) is 10.8 Å². The number of hydrogen-bond donors (Lipinski definition) is 2. The first kappa shape index (κ1) is 12.3. The summed E-state index contributed by atoms with van der Waals surface area (Å²) in [4.78, 5) is 0. The average Bonchev–Trinajstić information content (AvgIpc) is 2.10. The van der Waals surface area contributed by atoms with Gasteiger partial charge in [0.2, 0.25) is 0 Å². The lowest BCUT2D eigenvalue weighted by molar-refractivity contribution is 0.180. The molecule has 2 nitrogen and oxygen atoms in total. The third-order valence-electron chi connectivity index (χ3n) is 1.76. The third-order valence-corrected chi connectivity index (χ3v) is 2.86. The smallest absolute Gasteiger partial charge is 0.0670 e. The van der Waals surface area contributed by atoms with Gasteiger partial charge in [-0.2, -0.15) is 11.8 Å². The largest absolute Gasteiger partial charge is 0.392 e. The van der Waals surface area contributed by atoms with E-state index in [1.54, 1.807) is 0 Å². The van der Waals surface area contributed by atoms with Gasteiger partial charge in [-0.25, -0.2) is 0 Å². The fourth-order valence-corrected chi connectivity index (χ4v) is 1.94. The average molecular weight is 191 g/mol. The molecule has 0 spiro atoms. The lowest BCUT2D eigenvalue weighted by Crippen LogP contribution is -2.20. The summed E-state index contributed by atoms with van der Waals surface area (Å²) in [6, 6.07) is 0. The minimum Gasteiger partial charge on any atom is -0.392 e. The van der Waals surface area contributed by atoms with E-state index < -0.39 is 0 Å². The molecule has 0 rings (SSSR count). The molecule has 3 N–H and O–H groups in total. The molecule has 0 aromatic carbocycles. The molecule has 0 aliphatic rings. The Hall–Kier alpha value is 0.270. The maximum absolute atomic E-state index is 9.12. The van der Waals surface area contributed by atoms with Gasteiger partial charge in [0.25, 0.3) is 0 Å². The molecule has 0 aliphatic carbocycles. The highest BCUT2D eigenvalue weighted by atomic mass is 32.2. The lowest BCUT2D eigenvalue weighted by Gasteiger charge is -2.06. The zero-order chi connectivity index (χ0) is 9.23. The number of hydrogen-bond acceptors (Lipinski definition) is 3. The standard InChI is InChI=1S/C9H21NOS/c1-2-3-4-6-12-7-5-9(11)8-10/h9,11H,2-8,10H2,1H3. The first-order valence-corrected chi connectivity index (χ1v) is 5.92. The molecular weight excluding hydrogens is 170 g/mol. The zero-order valence-electron chi connectivity index (χ0n) is 7.96. The molecule has 3 heteroatoms. The summed E-state index contributed by atoms with van der Waals surface area (Å²) in [5.41, 5.74) is 5.28. The second kappa shape index (κ2) is 9.36. The molecule has 0 saturated carbocycles. The van der Waals surface area contributed by atoms with E-state index in [1.165, 1.54) is 25.0 Å². The van der Waals surface area contributed by atoms with E-state index in [0.717, 1.165) is 12.2 Å². The highest BCUT2D eigenvalue weighted by Crippen LogP contribution is 2.08. The Morgan fingerprint density at radius 3 is 2.67 bits per heavy atom. The van der Waals surface area contributed by atoms with Crippen LogP contribution in [0.15, 0.2) is 0 Å². The maximum atomic E-state index is 9.12. The normalized spacial score (nSPS) is 13.2. The van der Waals surface area contributed by atoms with Crippen molar-refractivity contribution in [1.82, 2.24) is 0 Å².